The molecule has 116 valence electrons. The second kappa shape index (κ2) is 6.10. The smallest absolute Gasteiger partial charge is 0.231 e. The Labute approximate surface area is 141 Å². The highest BCUT2D eigenvalue weighted by atomic mass is 35.5. The van der Waals surface area contributed by atoms with Gasteiger partial charge in [0.15, 0.2) is 11.5 Å². The second-order valence-corrected chi connectivity index (χ2v) is 6.21. The van der Waals surface area contributed by atoms with Crippen molar-refractivity contribution >= 4 is 23.4 Å². The molecule has 0 aliphatic carbocycles. The number of benzene rings is 2. The molecule has 0 bridgehead atoms. The Morgan fingerprint density at radius 1 is 1.13 bits per heavy atom. The van der Waals surface area contributed by atoms with E-state index in [4.69, 9.17) is 21.1 Å². The lowest BCUT2D eigenvalue weighted by molar-refractivity contribution is 0.174. The molecule has 0 fully saturated rings. The number of halogens is 1. The van der Waals surface area contributed by atoms with Crippen LogP contribution in [0.25, 0.3) is 5.69 Å². The van der Waals surface area contributed by atoms with Crippen molar-refractivity contribution in [1.82, 2.24) is 20.2 Å². The Bertz CT molecular complexity index is 855. The van der Waals surface area contributed by atoms with E-state index in [2.05, 4.69) is 15.5 Å². The van der Waals surface area contributed by atoms with Crippen LogP contribution in [0.2, 0.25) is 5.02 Å². The monoisotopic (exact) mass is 346 g/mol. The molecule has 2 heterocycles. The first-order valence-corrected chi connectivity index (χ1v) is 8.21. The van der Waals surface area contributed by atoms with E-state index in [0.717, 1.165) is 28.5 Å². The molecule has 0 N–H and O–H groups in total. The Morgan fingerprint density at radius 2 is 2.04 bits per heavy atom. The fourth-order valence-corrected chi connectivity index (χ4v) is 3.24. The van der Waals surface area contributed by atoms with Gasteiger partial charge in [0.25, 0.3) is 0 Å². The number of nitrogens with zero attached hydrogens (tertiary/aromatic N) is 4. The van der Waals surface area contributed by atoms with E-state index in [1.807, 2.05) is 42.5 Å². The van der Waals surface area contributed by atoms with Crippen LogP contribution in [0.3, 0.4) is 0 Å². The number of fused-ring (bicyclic) bond motifs is 1. The highest BCUT2D eigenvalue weighted by Gasteiger charge is 2.14. The van der Waals surface area contributed by atoms with Crippen LogP contribution in [0, 0.1) is 0 Å². The zero-order valence-electron chi connectivity index (χ0n) is 11.8. The summed E-state index contributed by atoms with van der Waals surface area (Å²) in [5.41, 5.74) is 1.94. The van der Waals surface area contributed by atoms with Gasteiger partial charge in [-0.05, 0) is 46.3 Å². The highest BCUT2D eigenvalue weighted by Crippen LogP contribution is 2.34. The first kappa shape index (κ1) is 14.3. The van der Waals surface area contributed by atoms with Gasteiger partial charge in [0.1, 0.15) is 0 Å². The second-order valence-electron chi connectivity index (χ2n) is 4.83. The molecule has 0 saturated carbocycles. The standard InChI is InChI=1S/C15H11ClN4O2S/c16-11-2-1-3-12(7-11)20-15(17-18-19-20)23-8-10-4-5-13-14(6-10)22-9-21-13/h1-7H,8-9H2. The predicted molar refractivity (Wildman–Crippen MR) is 86.3 cm³/mol. The number of thioether (sulfide) groups is 1. The van der Waals surface area contributed by atoms with Gasteiger partial charge in [-0.2, -0.15) is 4.68 Å². The minimum atomic E-state index is 0.277. The van der Waals surface area contributed by atoms with Crippen molar-refractivity contribution in [1.29, 1.82) is 0 Å². The third-order valence-corrected chi connectivity index (χ3v) is 4.52. The van der Waals surface area contributed by atoms with Gasteiger partial charge in [-0.25, -0.2) is 0 Å². The molecule has 1 aromatic heterocycles. The molecular formula is C15H11ClN4O2S. The van der Waals surface area contributed by atoms with Crippen LogP contribution in [-0.2, 0) is 5.75 Å². The van der Waals surface area contributed by atoms with E-state index in [-0.39, 0.29) is 6.79 Å². The molecule has 0 atom stereocenters. The molecule has 0 amide bonds. The largest absolute Gasteiger partial charge is 0.454 e. The molecule has 0 spiro atoms. The summed E-state index contributed by atoms with van der Waals surface area (Å²) in [4.78, 5) is 0. The summed E-state index contributed by atoms with van der Waals surface area (Å²) < 4.78 is 12.4. The number of tetrazole rings is 1. The molecular weight excluding hydrogens is 336 g/mol. The van der Waals surface area contributed by atoms with Gasteiger partial charge < -0.3 is 9.47 Å². The summed E-state index contributed by atoms with van der Waals surface area (Å²) in [6.45, 7) is 0.277. The molecule has 1 aliphatic rings. The summed E-state index contributed by atoms with van der Waals surface area (Å²) in [6.07, 6.45) is 0. The van der Waals surface area contributed by atoms with Crippen molar-refractivity contribution in [2.45, 2.75) is 10.9 Å². The van der Waals surface area contributed by atoms with Crippen molar-refractivity contribution in [3.63, 3.8) is 0 Å². The highest BCUT2D eigenvalue weighted by molar-refractivity contribution is 7.98. The van der Waals surface area contributed by atoms with Crippen LogP contribution >= 0.6 is 23.4 Å². The average molecular weight is 347 g/mol. The number of hydrogen-bond acceptors (Lipinski definition) is 6. The van der Waals surface area contributed by atoms with Crippen LogP contribution in [0.5, 0.6) is 11.5 Å². The minimum Gasteiger partial charge on any atom is -0.454 e. The minimum absolute atomic E-state index is 0.277. The van der Waals surface area contributed by atoms with Gasteiger partial charge in [-0.15, -0.1) is 5.10 Å². The predicted octanol–water partition coefficient (Wildman–Crippen LogP) is 3.34. The van der Waals surface area contributed by atoms with Gasteiger partial charge in [0, 0.05) is 10.8 Å². The molecule has 2 aromatic carbocycles. The molecule has 0 saturated heterocycles. The van der Waals surface area contributed by atoms with Crippen molar-refractivity contribution in [3.8, 4) is 17.2 Å². The fraction of sp³-hybridized carbons (Fsp3) is 0.133. The normalized spacial score (nSPS) is 12.6. The topological polar surface area (TPSA) is 62.1 Å². The average Bonchev–Trinajstić information content (AvgIpc) is 3.21. The van der Waals surface area contributed by atoms with E-state index >= 15 is 0 Å². The van der Waals surface area contributed by atoms with Crippen LogP contribution in [0.15, 0.2) is 47.6 Å². The summed E-state index contributed by atoms with van der Waals surface area (Å²) in [7, 11) is 0. The molecule has 6 nitrogen and oxygen atoms in total. The maximum atomic E-state index is 6.03. The van der Waals surface area contributed by atoms with Crippen LogP contribution in [-0.4, -0.2) is 27.0 Å². The molecule has 3 aromatic rings. The van der Waals surface area contributed by atoms with Crippen LogP contribution in [0.4, 0.5) is 0 Å². The van der Waals surface area contributed by atoms with Crippen molar-refractivity contribution in [2.24, 2.45) is 0 Å². The van der Waals surface area contributed by atoms with E-state index < -0.39 is 0 Å². The van der Waals surface area contributed by atoms with Gasteiger partial charge in [0.2, 0.25) is 11.9 Å². The van der Waals surface area contributed by atoms with Crippen molar-refractivity contribution in [3.05, 3.63) is 53.1 Å². The maximum Gasteiger partial charge on any atom is 0.231 e. The zero-order chi connectivity index (χ0) is 15.6. The van der Waals surface area contributed by atoms with Crippen molar-refractivity contribution < 1.29 is 9.47 Å². The van der Waals surface area contributed by atoms with E-state index in [0.29, 0.717) is 10.2 Å². The number of ether oxygens (including phenoxy) is 2. The van der Waals surface area contributed by atoms with Crippen molar-refractivity contribution in [2.75, 3.05) is 6.79 Å². The molecule has 8 heteroatoms. The SMILES string of the molecule is Clc1cccc(-n2nnnc2SCc2ccc3c(c2)OCO3)c1. The van der Waals surface area contributed by atoms with Crippen LogP contribution < -0.4 is 9.47 Å². The Balaban J connectivity index is 1.53. The summed E-state index contributed by atoms with van der Waals surface area (Å²) >= 11 is 7.57. The number of rotatable bonds is 4. The molecule has 23 heavy (non-hydrogen) atoms. The third kappa shape index (κ3) is 2.97. The number of aromatic nitrogens is 4. The van der Waals surface area contributed by atoms with Gasteiger partial charge in [0.05, 0.1) is 5.69 Å². The molecule has 0 radical (unpaired) electrons. The number of hydrogen-bond donors (Lipinski definition) is 0. The van der Waals surface area contributed by atoms with Gasteiger partial charge in [-0.1, -0.05) is 35.5 Å². The maximum absolute atomic E-state index is 6.03. The Hall–Kier alpha value is -2.25. The summed E-state index contributed by atoms with van der Waals surface area (Å²) in [5, 5.41) is 13.2. The zero-order valence-corrected chi connectivity index (χ0v) is 13.4. The molecule has 0 unspecified atom stereocenters. The first-order valence-electron chi connectivity index (χ1n) is 6.85. The molecule has 1 aliphatic heterocycles. The van der Waals surface area contributed by atoms with Gasteiger partial charge in [-0.3, -0.25) is 0 Å². The lowest BCUT2D eigenvalue weighted by atomic mass is 10.2. The van der Waals surface area contributed by atoms with E-state index in [1.165, 1.54) is 0 Å². The Morgan fingerprint density at radius 3 is 2.96 bits per heavy atom. The fourth-order valence-electron chi connectivity index (χ4n) is 2.22. The Kier molecular flexibility index (Phi) is 3.80. The lowest BCUT2D eigenvalue weighted by Gasteiger charge is -2.05. The first-order chi connectivity index (χ1) is 11.3. The van der Waals surface area contributed by atoms with E-state index in [1.54, 1.807) is 16.4 Å². The summed E-state index contributed by atoms with van der Waals surface area (Å²) in [6, 6.07) is 13.3. The molecule has 4 rings (SSSR count). The van der Waals surface area contributed by atoms with E-state index in [9.17, 15) is 0 Å². The third-order valence-electron chi connectivity index (χ3n) is 3.30. The van der Waals surface area contributed by atoms with Gasteiger partial charge >= 0.3 is 0 Å². The van der Waals surface area contributed by atoms with Crippen LogP contribution in [0.1, 0.15) is 5.56 Å². The quantitative estimate of drug-likeness (QED) is 0.675. The summed E-state index contributed by atoms with van der Waals surface area (Å²) in [5.74, 6) is 2.28. The lowest BCUT2D eigenvalue weighted by Crippen LogP contribution is -1.99.